The molecule has 5 nitrogen and oxygen atoms in total. The predicted molar refractivity (Wildman–Crippen MR) is 179 cm³/mol. The van der Waals surface area contributed by atoms with Crippen LogP contribution in [0.4, 0.5) is 5.69 Å². The second kappa shape index (κ2) is 13.2. The summed E-state index contributed by atoms with van der Waals surface area (Å²) in [5.74, 6) is 0.840. The minimum Gasteiger partial charge on any atom is -0.398 e. The van der Waals surface area contributed by atoms with E-state index in [4.69, 9.17) is 10.7 Å². The number of aromatic nitrogens is 3. The van der Waals surface area contributed by atoms with Crippen LogP contribution in [0.25, 0.3) is 32.6 Å². The van der Waals surface area contributed by atoms with Gasteiger partial charge in [0.05, 0.1) is 11.7 Å². The molecule has 0 saturated heterocycles. The van der Waals surface area contributed by atoms with E-state index in [0.29, 0.717) is 6.42 Å². The number of aromatic amines is 1. The van der Waals surface area contributed by atoms with Gasteiger partial charge < -0.3 is 16.0 Å². The Morgan fingerprint density at radius 3 is 2.49 bits per heavy atom. The van der Waals surface area contributed by atoms with Crippen molar-refractivity contribution in [3.8, 4) is 23.3 Å². The van der Waals surface area contributed by atoms with Crippen LogP contribution in [0.5, 0.6) is 0 Å². The van der Waals surface area contributed by atoms with Crippen molar-refractivity contribution in [2.75, 3.05) is 5.73 Å². The third kappa shape index (κ3) is 7.33. The Bertz CT molecular complexity index is 1670. The van der Waals surface area contributed by atoms with Crippen molar-refractivity contribution in [2.24, 2.45) is 5.41 Å². The van der Waals surface area contributed by atoms with E-state index < -0.39 is 0 Å². The highest BCUT2D eigenvalue weighted by atomic mass is 32.1. The molecule has 0 aliphatic rings. The van der Waals surface area contributed by atoms with Gasteiger partial charge in [0.15, 0.2) is 0 Å². The van der Waals surface area contributed by atoms with Gasteiger partial charge in [-0.1, -0.05) is 52.7 Å². The number of nitrogen functional groups attached to an aromatic ring is 1. The number of rotatable bonds is 9. The fourth-order valence-electron chi connectivity index (χ4n) is 4.09. The molecule has 4 rings (SSSR count). The van der Waals surface area contributed by atoms with Crippen LogP contribution in [0.15, 0.2) is 92.1 Å². The number of imidazole rings is 1. The molecule has 0 aliphatic carbocycles. The van der Waals surface area contributed by atoms with Crippen molar-refractivity contribution in [3.05, 3.63) is 114 Å². The molecule has 41 heavy (non-hydrogen) atoms. The first-order valence-corrected chi connectivity index (χ1v) is 14.1. The molecule has 3 aromatic heterocycles. The van der Waals surface area contributed by atoms with E-state index in [1.54, 1.807) is 11.3 Å². The number of terminal acetylenes is 1. The molecule has 0 spiro atoms. The van der Waals surface area contributed by atoms with E-state index in [2.05, 4.69) is 99.0 Å². The molecule has 4 aromatic rings. The van der Waals surface area contributed by atoms with Crippen LogP contribution >= 0.6 is 11.3 Å². The van der Waals surface area contributed by atoms with Gasteiger partial charge in [0, 0.05) is 50.4 Å². The summed E-state index contributed by atoms with van der Waals surface area (Å²) >= 11 is 1.70. The van der Waals surface area contributed by atoms with Gasteiger partial charge in [0.25, 0.3) is 0 Å². The van der Waals surface area contributed by atoms with E-state index >= 15 is 0 Å². The minimum absolute atomic E-state index is 0.0646. The number of fused-ring (bicyclic) bond motifs is 1. The molecule has 0 aliphatic heterocycles. The van der Waals surface area contributed by atoms with Crippen molar-refractivity contribution in [2.45, 2.75) is 41.0 Å². The van der Waals surface area contributed by atoms with E-state index in [-0.39, 0.29) is 5.41 Å². The number of hydrogen-bond acceptors (Lipinski definition) is 5. The van der Waals surface area contributed by atoms with Gasteiger partial charge in [-0.15, -0.1) is 24.2 Å². The van der Waals surface area contributed by atoms with Gasteiger partial charge in [-0.25, -0.2) is 4.98 Å². The average Bonchev–Trinajstić information content (AvgIpc) is 3.60. The summed E-state index contributed by atoms with van der Waals surface area (Å²) in [6.07, 6.45) is 18.2. The summed E-state index contributed by atoms with van der Waals surface area (Å²) in [6, 6.07) is 10.3. The van der Waals surface area contributed by atoms with Gasteiger partial charge in [0.1, 0.15) is 11.3 Å². The highest BCUT2D eigenvalue weighted by molar-refractivity contribution is 7.16. The van der Waals surface area contributed by atoms with Crippen LogP contribution in [-0.2, 0) is 6.42 Å². The van der Waals surface area contributed by atoms with Gasteiger partial charge in [-0.05, 0) is 72.5 Å². The number of nitrogens with zero attached hydrogens (tertiary/aromatic N) is 2. The lowest BCUT2D eigenvalue weighted by atomic mass is 9.92. The van der Waals surface area contributed by atoms with Crippen molar-refractivity contribution in [3.63, 3.8) is 0 Å². The first-order valence-electron chi connectivity index (χ1n) is 13.3. The van der Waals surface area contributed by atoms with Crippen molar-refractivity contribution >= 4 is 39.2 Å². The smallest absolute Gasteiger partial charge is 0.111 e. The molecule has 0 amide bonds. The van der Waals surface area contributed by atoms with Gasteiger partial charge in [0.2, 0.25) is 0 Å². The maximum atomic E-state index is 6.43. The quantitative estimate of drug-likeness (QED) is 0.108. The van der Waals surface area contributed by atoms with E-state index in [0.717, 1.165) is 71.5 Å². The van der Waals surface area contributed by atoms with Crippen LogP contribution in [0.2, 0.25) is 0 Å². The maximum absolute atomic E-state index is 6.43. The highest BCUT2D eigenvalue weighted by Gasteiger charge is 2.16. The first kappa shape index (κ1) is 30.9. The molecule has 4 N–H and O–H groups in total. The molecule has 0 fully saturated rings. The second-order valence-corrected chi connectivity index (χ2v) is 11.8. The van der Waals surface area contributed by atoms with Gasteiger partial charge in [-0.3, -0.25) is 4.98 Å². The summed E-state index contributed by atoms with van der Waals surface area (Å²) in [6.45, 7) is 22.7. The Hall–Kier alpha value is -4.60. The second-order valence-electron chi connectivity index (χ2n) is 10.7. The third-order valence-corrected chi connectivity index (χ3v) is 7.89. The lowest BCUT2D eigenvalue weighted by Gasteiger charge is -2.24. The van der Waals surface area contributed by atoms with Crippen LogP contribution < -0.4 is 11.1 Å². The predicted octanol–water partition coefficient (Wildman–Crippen LogP) is 8.76. The number of thiophene rings is 1. The number of pyridine rings is 1. The number of nitrogens with one attached hydrogen (secondary N) is 2. The standard InChI is InChI=1S/C33H37N5S.C2H2/c1-9-22(16-25(10-2)36-21(5)33(6,7)8)23-11-12-27(34)24(15-23)17-31-37-28-19-35-18-26(32(28)38-31)30-14-13-29(39-30)20(3)4;1-2/h9-16,18-19,36H,2-3,5,17,34H2,1,4,6-8H3,(H,37,38);1-2H/b22-9+,25-16+;. The fraction of sp³-hybridized carbons (Fsp3) is 0.200. The van der Waals surface area contributed by atoms with Crippen molar-refractivity contribution in [1.29, 1.82) is 0 Å². The molecule has 0 saturated carbocycles. The lowest BCUT2D eigenvalue weighted by molar-refractivity contribution is 0.478. The Kier molecular flexibility index (Phi) is 9.94. The zero-order valence-electron chi connectivity index (χ0n) is 24.6. The number of allylic oxidation sites excluding steroid dienone is 6. The zero-order valence-corrected chi connectivity index (χ0v) is 25.5. The molecule has 210 valence electrons. The minimum atomic E-state index is -0.0646. The summed E-state index contributed by atoms with van der Waals surface area (Å²) in [5.41, 5.74) is 15.9. The van der Waals surface area contributed by atoms with Crippen LogP contribution in [-0.4, -0.2) is 15.0 Å². The van der Waals surface area contributed by atoms with E-state index in [9.17, 15) is 0 Å². The monoisotopic (exact) mass is 561 g/mol. The van der Waals surface area contributed by atoms with E-state index in [1.165, 1.54) is 0 Å². The normalized spacial score (nSPS) is 12.0. The highest BCUT2D eigenvalue weighted by Crippen LogP contribution is 2.35. The molecule has 1 aromatic carbocycles. The molecule has 0 atom stereocenters. The Labute approximate surface area is 248 Å². The molecule has 6 heteroatoms. The SMILES string of the molecule is C#C.C=C/C(=C\C(=C/C)c1ccc(N)c(Cc2nc3c(-c4ccc(C(=C)C)s4)cncc3[nH]2)c1)NC(=C)C(C)(C)C. The molecule has 0 radical (unpaired) electrons. The Morgan fingerprint density at radius 2 is 1.88 bits per heavy atom. The molecular formula is C35H39N5S. The molecule has 0 bridgehead atoms. The average molecular weight is 562 g/mol. The summed E-state index contributed by atoms with van der Waals surface area (Å²) in [7, 11) is 0. The van der Waals surface area contributed by atoms with Crippen LogP contribution in [0.1, 0.15) is 56.4 Å². The number of benzene rings is 1. The van der Waals surface area contributed by atoms with Crippen molar-refractivity contribution < 1.29 is 0 Å². The summed E-state index contributed by atoms with van der Waals surface area (Å²) in [5, 5.41) is 3.41. The topological polar surface area (TPSA) is 79.6 Å². The van der Waals surface area contributed by atoms with Crippen LogP contribution in [0, 0.1) is 18.3 Å². The van der Waals surface area contributed by atoms with Crippen molar-refractivity contribution in [1.82, 2.24) is 20.3 Å². The number of hydrogen-bond donors (Lipinski definition) is 3. The largest absolute Gasteiger partial charge is 0.398 e. The van der Waals surface area contributed by atoms with Crippen LogP contribution in [0.3, 0.4) is 0 Å². The Balaban J connectivity index is 0.00000226. The summed E-state index contributed by atoms with van der Waals surface area (Å²) in [4.78, 5) is 15.2. The maximum Gasteiger partial charge on any atom is 0.111 e. The van der Waals surface area contributed by atoms with Gasteiger partial charge >= 0.3 is 0 Å². The molecular weight excluding hydrogens is 522 g/mol. The molecule has 0 unspecified atom stereocenters. The summed E-state index contributed by atoms with van der Waals surface area (Å²) < 4.78 is 0. The molecule has 3 heterocycles. The number of anilines is 1. The number of nitrogens with two attached hydrogens (primary N) is 1. The Morgan fingerprint density at radius 1 is 1.15 bits per heavy atom. The third-order valence-electron chi connectivity index (χ3n) is 6.61. The fourth-order valence-corrected chi connectivity index (χ4v) is 5.03. The zero-order chi connectivity index (χ0) is 30.3. The van der Waals surface area contributed by atoms with Gasteiger partial charge in [-0.2, -0.15) is 0 Å². The lowest BCUT2D eigenvalue weighted by Crippen LogP contribution is -2.22. The first-order chi connectivity index (χ1) is 19.5. The van der Waals surface area contributed by atoms with E-state index in [1.807, 2.05) is 44.4 Å². The number of H-pyrrole nitrogens is 1.